The maximum atomic E-state index is 12.5. The average Bonchev–Trinajstić information content (AvgIpc) is 2.92. The SMILES string of the molecule is CCCC(=O)n1c(COc2ccc(Cl)cc2Cl)nc2ccccc21. The predicted octanol–water partition coefficient (Wildman–Crippen LogP) is 5.36. The predicted molar refractivity (Wildman–Crippen MR) is 96.1 cm³/mol. The van der Waals surface area contributed by atoms with Gasteiger partial charge in [0.15, 0.2) is 5.82 Å². The van der Waals surface area contributed by atoms with E-state index in [0.29, 0.717) is 28.0 Å². The molecule has 0 atom stereocenters. The van der Waals surface area contributed by atoms with Gasteiger partial charge in [-0.2, -0.15) is 0 Å². The lowest BCUT2D eigenvalue weighted by molar-refractivity contribution is 0.0898. The summed E-state index contributed by atoms with van der Waals surface area (Å²) in [6, 6.07) is 12.6. The van der Waals surface area contributed by atoms with Crippen molar-refractivity contribution in [3.63, 3.8) is 0 Å². The van der Waals surface area contributed by atoms with Gasteiger partial charge in [0.1, 0.15) is 12.4 Å². The van der Waals surface area contributed by atoms with Gasteiger partial charge >= 0.3 is 0 Å². The van der Waals surface area contributed by atoms with Crippen molar-refractivity contribution >= 4 is 40.1 Å². The van der Waals surface area contributed by atoms with Crippen LogP contribution in [0.15, 0.2) is 42.5 Å². The van der Waals surface area contributed by atoms with E-state index in [9.17, 15) is 4.79 Å². The van der Waals surface area contributed by atoms with Crippen LogP contribution in [-0.2, 0) is 6.61 Å². The molecule has 3 rings (SSSR count). The van der Waals surface area contributed by atoms with E-state index in [1.54, 1.807) is 22.8 Å². The highest BCUT2D eigenvalue weighted by Crippen LogP contribution is 2.28. The van der Waals surface area contributed by atoms with Crippen LogP contribution in [0.1, 0.15) is 30.4 Å². The van der Waals surface area contributed by atoms with E-state index < -0.39 is 0 Å². The Balaban J connectivity index is 1.93. The standard InChI is InChI=1S/C18H16Cl2N2O2/c1-2-5-18(23)22-15-7-4-3-6-14(15)21-17(22)11-24-16-9-8-12(19)10-13(16)20/h3-4,6-10H,2,5,11H2,1H3. The summed E-state index contributed by atoms with van der Waals surface area (Å²) in [6.07, 6.45) is 1.23. The Morgan fingerprint density at radius 3 is 2.75 bits per heavy atom. The second-order valence-electron chi connectivity index (χ2n) is 5.36. The number of ether oxygens (including phenoxy) is 1. The van der Waals surface area contributed by atoms with Crippen LogP contribution in [0.5, 0.6) is 5.75 Å². The van der Waals surface area contributed by atoms with E-state index in [2.05, 4.69) is 4.98 Å². The van der Waals surface area contributed by atoms with E-state index in [0.717, 1.165) is 17.5 Å². The highest BCUT2D eigenvalue weighted by molar-refractivity contribution is 6.35. The van der Waals surface area contributed by atoms with Gasteiger partial charge in [0.25, 0.3) is 0 Å². The number of nitrogens with zero attached hydrogens (tertiary/aromatic N) is 2. The Bertz CT molecular complexity index is 890. The fourth-order valence-corrected chi connectivity index (χ4v) is 2.97. The fraction of sp³-hybridized carbons (Fsp3) is 0.222. The molecule has 1 aromatic heterocycles. The molecule has 0 fully saturated rings. The van der Waals surface area contributed by atoms with E-state index in [-0.39, 0.29) is 12.5 Å². The van der Waals surface area contributed by atoms with Crippen molar-refractivity contribution < 1.29 is 9.53 Å². The molecule has 0 aliphatic carbocycles. The molecule has 0 spiro atoms. The molecule has 0 unspecified atom stereocenters. The largest absolute Gasteiger partial charge is 0.484 e. The summed E-state index contributed by atoms with van der Waals surface area (Å²) in [5.74, 6) is 1.07. The van der Waals surface area contributed by atoms with E-state index >= 15 is 0 Å². The first kappa shape index (κ1) is 16.8. The minimum absolute atomic E-state index is 0.00648. The third kappa shape index (κ3) is 3.40. The quantitative estimate of drug-likeness (QED) is 0.613. The maximum absolute atomic E-state index is 12.5. The molecule has 0 saturated heterocycles. The van der Waals surface area contributed by atoms with Gasteiger partial charge in [0.2, 0.25) is 5.91 Å². The highest BCUT2D eigenvalue weighted by atomic mass is 35.5. The van der Waals surface area contributed by atoms with E-state index in [1.165, 1.54) is 0 Å². The molecule has 3 aromatic rings. The van der Waals surface area contributed by atoms with Crippen molar-refractivity contribution in [2.24, 2.45) is 0 Å². The van der Waals surface area contributed by atoms with Gasteiger partial charge in [-0.3, -0.25) is 9.36 Å². The summed E-state index contributed by atoms with van der Waals surface area (Å²) in [6.45, 7) is 2.12. The summed E-state index contributed by atoms with van der Waals surface area (Å²) in [7, 11) is 0. The third-order valence-corrected chi connectivity index (χ3v) is 4.12. The normalized spacial score (nSPS) is 11.0. The van der Waals surface area contributed by atoms with E-state index in [1.807, 2.05) is 31.2 Å². The van der Waals surface area contributed by atoms with Crippen LogP contribution in [-0.4, -0.2) is 15.5 Å². The smallest absolute Gasteiger partial charge is 0.232 e. The summed E-state index contributed by atoms with van der Waals surface area (Å²) >= 11 is 12.0. The zero-order valence-corrected chi connectivity index (χ0v) is 14.6. The van der Waals surface area contributed by atoms with Gasteiger partial charge in [-0.25, -0.2) is 4.98 Å². The summed E-state index contributed by atoms with van der Waals surface area (Å²) in [5, 5.41) is 0.961. The Kier molecular flexibility index (Phi) is 5.07. The van der Waals surface area contributed by atoms with Gasteiger partial charge in [-0.15, -0.1) is 0 Å². The molecular formula is C18H16Cl2N2O2. The number of carbonyl (C=O) groups excluding carboxylic acids is 1. The summed E-state index contributed by atoms with van der Waals surface area (Å²) in [4.78, 5) is 17.0. The highest BCUT2D eigenvalue weighted by Gasteiger charge is 2.16. The Morgan fingerprint density at radius 1 is 1.21 bits per heavy atom. The van der Waals surface area contributed by atoms with Crippen LogP contribution in [0.2, 0.25) is 10.0 Å². The minimum Gasteiger partial charge on any atom is -0.484 e. The van der Waals surface area contributed by atoms with Gasteiger partial charge in [0, 0.05) is 11.4 Å². The Labute approximate surface area is 150 Å². The molecule has 0 aliphatic heterocycles. The zero-order valence-electron chi connectivity index (χ0n) is 13.1. The number of para-hydroxylation sites is 2. The molecule has 0 saturated carbocycles. The van der Waals surface area contributed by atoms with Crippen LogP contribution in [0.25, 0.3) is 11.0 Å². The number of fused-ring (bicyclic) bond motifs is 1. The zero-order chi connectivity index (χ0) is 17.1. The molecule has 0 aliphatic rings. The van der Waals surface area contributed by atoms with Crippen molar-refractivity contribution in [3.05, 3.63) is 58.3 Å². The second-order valence-corrected chi connectivity index (χ2v) is 6.20. The van der Waals surface area contributed by atoms with Crippen molar-refractivity contribution in [1.29, 1.82) is 0 Å². The lowest BCUT2D eigenvalue weighted by Crippen LogP contribution is -2.15. The molecule has 0 N–H and O–H groups in total. The number of carbonyl (C=O) groups is 1. The molecule has 2 aromatic carbocycles. The van der Waals surface area contributed by atoms with Crippen molar-refractivity contribution in [2.75, 3.05) is 0 Å². The molecule has 0 bridgehead atoms. The second kappa shape index (κ2) is 7.24. The molecule has 24 heavy (non-hydrogen) atoms. The molecule has 1 heterocycles. The number of imidazole rings is 1. The molecule has 124 valence electrons. The summed E-state index contributed by atoms with van der Waals surface area (Å²) in [5.41, 5.74) is 1.56. The van der Waals surface area contributed by atoms with Crippen molar-refractivity contribution in [3.8, 4) is 5.75 Å². The Morgan fingerprint density at radius 2 is 2.00 bits per heavy atom. The first-order valence-electron chi connectivity index (χ1n) is 7.67. The lowest BCUT2D eigenvalue weighted by Gasteiger charge is -2.10. The van der Waals surface area contributed by atoms with Crippen molar-refractivity contribution in [1.82, 2.24) is 9.55 Å². The number of hydrogen-bond acceptors (Lipinski definition) is 3. The number of hydrogen-bond donors (Lipinski definition) is 0. The fourth-order valence-electron chi connectivity index (χ4n) is 2.51. The molecule has 6 heteroatoms. The first-order valence-corrected chi connectivity index (χ1v) is 8.43. The maximum Gasteiger partial charge on any atom is 0.232 e. The number of rotatable bonds is 5. The average molecular weight is 363 g/mol. The van der Waals surface area contributed by atoms with Crippen LogP contribution in [0, 0.1) is 0 Å². The van der Waals surface area contributed by atoms with Crippen LogP contribution >= 0.6 is 23.2 Å². The van der Waals surface area contributed by atoms with Crippen LogP contribution in [0.3, 0.4) is 0 Å². The number of halogens is 2. The number of benzene rings is 2. The van der Waals surface area contributed by atoms with E-state index in [4.69, 9.17) is 27.9 Å². The lowest BCUT2D eigenvalue weighted by atomic mass is 10.3. The Hall–Kier alpha value is -2.04. The van der Waals surface area contributed by atoms with Gasteiger partial charge in [-0.05, 0) is 36.8 Å². The minimum atomic E-state index is 0.00648. The molecule has 4 nitrogen and oxygen atoms in total. The molecule has 0 amide bonds. The molecule has 0 radical (unpaired) electrons. The van der Waals surface area contributed by atoms with Gasteiger partial charge < -0.3 is 4.74 Å². The van der Waals surface area contributed by atoms with Gasteiger partial charge in [0.05, 0.1) is 16.1 Å². The topological polar surface area (TPSA) is 44.1 Å². The number of aromatic nitrogens is 2. The van der Waals surface area contributed by atoms with Gasteiger partial charge in [-0.1, -0.05) is 42.3 Å². The summed E-state index contributed by atoms with van der Waals surface area (Å²) < 4.78 is 7.38. The first-order chi connectivity index (χ1) is 11.6. The molecular weight excluding hydrogens is 347 g/mol. The third-order valence-electron chi connectivity index (χ3n) is 3.59. The van der Waals surface area contributed by atoms with Crippen LogP contribution < -0.4 is 4.74 Å². The van der Waals surface area contributed by atoms with Crippen LogP contribution in [0.4, 0.5) is 0 Å². The van der Waals surface area contributed by atoms with Crippen molar-refractivity contribution in [2.45, 2.75) is 26.4 Å². The monoisotopic (exact) mass is 362 g/mol.